The lowest BCUT2D eigenvalue weighted by Crippen LogP contribution is -1.73. The maximum Gasteiger partial charge on any atom is 0.144 e. The van der Waals surface area contributed by atoms with Crippen molar-refractivity contribution in [3.05, 3.63) is 21.6 Å². The van der Waals surface area contributed by atoms with Gasteiger partial charge in [-0.1, -0.05) is 11.6 Å². The van der Waals surface area contributed by atoms with E-state index < -0.39 is 0 Å². The summed E-state index contributed by atoms with van der Waals surface area (Å²) < 4.78 is 0.549. The first-order chi connectivity index (χ1) is 5.15. The number of rotatable bonds is 1. The van der Waals surface area contributed by atoms with Gasteiger partial charge in [0.2, 0.25) is 0 Å². The molecule has 0 aliphatic carbocycles. The molecule has 0 heterocycles. The molecule has 0 atom stereocenters. The first kappa shape index (κ1) is 9.52. The Morgan fingerprint density at radius 1 is 1.45 bits per heavy atom. The summed E-state index contributed by atoms with van der Waals surface area (Å²) in [5, 5.41) is 9.85. The average molecular weight is 274 g/mol. The molecule has 0 aromatic heterocycles. The molecule has 0 amide bonds. The van der Waals surface area contributed by atoms with Crippen LogP contribution in [0, 0.1) is 0 Å². The summed E-state index contributed by atoms with van der Waals surface area (Å²) in [6.45, 7) is 0. The first-order valence-electron chi connectivity index (χ1n) is 2.61. The molecular weight excluding hydrogens is 271 g/mol. The van der Waals surface area contributed by atoms with Crippen molar-refractivity contribution in [3.8, 4) is 5.75 Å². The summed E-state index contributed by atoms with van der Waals surface area (Å²) in [6, 6.07) is 3.20. The second kappa shape index (κ2) is 3.90. The predicted octanol–water partition coefficient (Wildman–Crippen LogP) is 4.05. The van der Waals surface area contributed by atoms with Crippen molar-refractivity contribution >= 4 is 49.2 Å². The molecule has 1 aromatic rings. The lowest BCUT2D eigenvalue weighted by atomic mass is 10.3. The Bertz CT molecular complexity index is 280. The van der Waals surface area contributed by atoms with E-state index in [1.165, 1.54) is 0 Å². The van der Waals surface area contributed by atoms with Crippen molar-refractivity contribution in [2.24, 2.45) is 0 Å². The molecule has 1 N–H and O–H groups in total. The van der Waals surface area contributed by atoms with Gasteiger partial charge in [0.25, 0.3) is 0 Å². The highest BCUT2D eigenvalue weighted by molar-refractivity contribution is 9.10. The maximum atomic E-state index is 9.31. The topological polar surface area (TPSA) is 20.2 Å². The molecule has 0 unspecified atom stereocenters. The Hall–Kier alpha value is 0.430. The van der Waals surface area contributed by atoms with E-state index in [0.717, 1.165) is 11.0 Å². The second-order valence-electron chi connectivity index (χ2n) is 1.81. The quantitative estimate of drug-likeness (QED) is 0.833. The zero-order valence-electron chi connectivity index (χ0n) is 5.14. The van der Waals surface area contributed by atoms with Crippen LogP contribution < -0.4 is 0 Å². The third-order valence-electron chi connectivity index (χ3n) is 1.08. The fourth-order valence-electron chi connectivity index (χ4n) is 0.601. The molecule has 1 aromatic carbocycles. The van der Waals surface area contributed by atoms with E-state index in [-0.39, 0.29) is 5.75 Å². The van der Waals surface area contributed by atoms with Gasteiger partial charge in [-0.05, 0) is 49.7 Å². The molecule has 0 aliphatic rings. The molecule has 11 heavy (non-hydrogen) atoms. The van der Waals surface area contributed by atoms with Gasteiger partial charge in [-0.15, -0.1) is 0 Å². The monoisotopic (exact) mass is 272 g/mol. The van der Waals surface area contributed by atoms with Crippen molar-refractivity contribution in [1.29, 1.82) is 0 Å². The Balaban J connectivity index is 3.24. The molecule has 0 fully saturated rings. The third kappa shape index (κ3) is 2.18. The molecule has 0 radical (unpaired) electrons. The number of phenolic OH excluding ortho intramolecular Hbond substituents is 1. The van der Waals surface area contributed by atoms with Crippen molar-refractivity contribution in [2.45, 2.75) is 4.90 Å². The van der Waals surface area contributed by atoms with Crippen LogP contribution in [0.25, 0.3) is 0 Å². The van der Waals surface area contributed by atoms with Crippen molar-refractivity contribution in [2.75, 3.05) is 0 Å². The Labute approximate surface area is 86.3 Å². The van der Waals surface area contributed by atoms with Crippen molar-refractivity contribution in [1.82, 2.24) is 0 Å². The van der Waals surface area contributed by atoms with Gasteiger partial charge in [0, 0.05) is 5.02 Å². The zero-order valence-corrected chi connectivity index (χ0v) is 9.06. The van der Waals surface area contributed by atoms with Crippen LogP contribution in [0.2, 0.25) is 5.02 Å². The highest BCUT2D eigenvalue weighted by Crippen LogP contribution is 2.38. The molecule has 1 nitrogen and oxygen atoms in total. The van der Waals surface area contributed by atoms with Crippen LogP contribution in [0.4, 0.5) is 0 Å². The smallest absolute Gasteiger partial charge is 0.144 e. The van der Waals surface area contributed by atoms with Crippen LogP contribution in [0.3, 0.4) is 0 Å². The Morgan fingerprint density at radius 3 is 2.64 bits per heavy atom. The highest BCUT2D eigenvalue weighted by Gasteiger charge is 2.06. The largest absolute Gasteiger partial charge is 0.506 e. The normalized spacial score (nSPS) is 10.1. The average Bonchev–Trinajstić information content (AvgIpc) is 1.96. The van der Waals surface area contributed by atoms with Crippen LogP contribution in [0.1, 0.15) is 0 Å². The van der Waals surface area contributed by atoms with E-state index >= 15 is 0 Å². The molecule has 0 saturated heterocycles. The van der Waals surface area contributed by atoms with E-state index in [2.05, 4.69) is 15.9 Å². The molecular formula is C6H3BrCl2OS. The number of hydrogen-bond acceptors (Lipinski definition) is 2. The van der Waals surface area contributed by atoms with Crippen LogP contribution in [0.15, 0.2) is 21.5 Å². The molecule has 0 aliphatic heterocycles. The summed E-state index contributed by atoms with van der Waals surface area (Å²) in [7, 11) is 6.38. The van der Waals surface area contributed by atoms with E-state index in [1.54, 1.807) is 12.1 Å². The van der Waals surface area contributed by atoms with Gasteiger partial charge < -0.3 is 5.11 Å². The number of phenols is 1. The lowest BCUT2D eigenvalue weighted by Gasteiger charge is -2.01. The fraction of sp³-hybridized carbons (Fsp3) is 0. The fourth-order valence-corrected chi connectivity index (χ4v) is 2.31. The molecule has 0 saturated carbocycles. The lowest BCUT2D eigenvalue weighted by molar-refractivity contribution is 0.459. The van der Waals surface area contributed by atoms with E-state index in [9.17, 15) is 5.11 Å². The van der Waals surface area contributed by atoms with Gasteiger partial charge in [-0.25, -0.2) is 0 Å². The minimum atomic E-state index is 0.120. The van der Waals surface area contributed by atoms with Gasteiger partial charge in [0.15, 0.2) is 0 Å². The van der Waals surface area contributed by atoms with Crippen LogP contribution in [-0.4, -0.2) is 5.11 Å². The Kier molecular flexibility index (Phi) is 3.37. The molecule has 5 heteroatoms. The summed E-state index contributed by atoms with van der Waals surface area (Å²) in [4.78, 5) is 0.547. The minimum absolute atomic E-state index is 0.120. The molecule has 60 valence electrons. The summed E-state index contributed by atoms with van der Waals surface area (Å²) in [5.74, 6) is 0.120. The zero-order chi connectivity index (χ0) is 8.43. The SMILES string of the molecule is Oc1c(Br)cc(Cl)cc1SCl. The van der Waals surface area contributed by atoms with E-state index in [0.29, 0.717) is 14.4 Å². The van der Waals surface area contributed by atoms with Gasteiger partial charge in [-0.2, -0.15) is 0 Å². The van der Waals surface area contributed by atoms with Gasteiger partial charge in [0.1, 0.15) is 5.75 Å². The van der Waals surface area contributed by atoms with Crippen molar-refractivity contribution < 1.29 is 5.11 Å². The number of aromatic hydroxyl groups is 1. The minimum Gasteiger partial charge on any atom is -0.506 e. The molecule has 1 rings (SSSR count). The van der Waals surface area contributed by atoms with Gasteiger partial charge in [0.05, 0.1) is 9.37 Å². The maximum absolute atomic E-state index is 9.31. The summed E-state index contributed by atoms with van der Waals surface area (Å²) in [5.41, 5.74) is 0. The van der Waals surface area contributed by atoms with E-state index in [1.807, 2.05) is 0 Å². The standard InChI is InChI=1S/C6H3BrCl2OS/c7-4-1-3(8)2-5(11-9)6(4)10/h1-2,10H. The van der Waals surface area contributed by atoms with Gasteiger partial charge >= 0.3 is 0 Å². The number of hydrogen-bond donors (Lipinski definition) is 1. The molecule has 0 spiro atoms. The third-order valence-corrected chi connectivity index (χ3v) is 2.88. The number of halogens is 3. The first-order valence-corrected chi connectivity index (χ1v) is 5.43. The van der Waals surface area contributed by atoms with Gasteiger partial charge in [-0.3, -0.25) is 0 Å². The van der Waals surface area contributed by atoms with E-state index in [4.69, 9.17) is 22.3 Å². The van der Waals surface area contributed by atoms with Crippen molar-refractivity contribution in [3.63, 3.8) is 0 Å². The second-order valence-corrected chi connectivity index (χ2v) is 4.16. The summed E-state index contributed by atoms with van der Waals surface area (Å²) >= 11 is 8.82. The predicted molar refractivity (Wildman–Crippen MR) is 52.5 cm³/mol. The molecule has 0 bridgehead atoms. The van der Waals surface area contributed by atoms with Crippen LogP contribution >= 0.6 is 49.2 Å². The van der Waals surface area contributed by atoms with Crippen LogP contribution in [0.5, 0.6) is 5.75 Å². The van der Waals surface area contributed by atoms with Crippen LogP contribution in [-0.2, 0) is 0 Å². The Morgan fingerprint density at radius 2 is 2.09 bits per heavy atom. The summed E-state index contributed by atoms with van der Waals surface area (Å²) in [6.07, 6.45) is 0. The number of benzene rings is 1. The highest BCUT2D eigenvalue weighted by atomic mass is 79.9.